The second-order valence-corrected chi connectivity index (χ2v) is 9.77. The van der Waals surface area contributed by atoms with Gasteiger partial charge in [0.25, 0.3) is 0 Å². The minimum absolute atomic E-state index is 0.128. The molecule has 0 aliphatic carbocycles. The van der Waals surface area contributed by atoms with Gasteiger partial charge in [-0.15, -0.1) is 0 Å². The number of carbonyl (C=O) groups is 1. The van der Waals surface area contributed by atoms with E-state index in [9.17, 15) is 13.2 Å². The number of benzene rings is 2. The molecule has 6 nitrogen and oxygen atoms in total. The molecule has 0 spiro atoms. The maximum Gasteiger partial charge on any atom is 0.240 e. The highest BCUT2D eigenvalue weighted by atomic mass is 32.2. The molecule has 1 atom stereocenters. The molecule has 158 valence electrons. The Bertz CT molecular complexity index is 927. The minimum atomic E-state index is -3.67. The summed E-state index contributed by atoms with van der Waals surface area (Å²) in [5, 5.41) is 2.93. The van der Waals surface area contributed by atoms with Gasteiger partial charge in [0.15, 0.2) is 0 Å². The lowest BCUT2D eigenvalue weighted by Gasteiger charge is -2.30. The lowest BCUT2D eigenvalue weighted by atomic mass is 9.79. The summed E-state index contributed by atoms with van der Waals surface area (Å²) >= 11 is 0. The van der Waals surface area contributed by atoms with Gasteiger partial charge in [0.05, 0.1) is 19.1 Å². The molecule has 0 heterocycles. The maximum absolute atomic E-state index is 12.6. The van der Waals surface area contributed by atoms with Gasteiger partial charge in [0.2, 0.25) is 15.9 Å². The van der Waals surface area contributed by atoms with Crippen molar-refractivity contribution >= 4 is 21.6 Å². The van der Waals surface area contributed by atoms with Crippen LogP contribution in [-0.4, -0.2) is 40.3 Å². The second-order valence-electron chi connectivity index (χ2n) is 7.86. The standard InChI is InChI=1S/C22H30N2O4S/c1-17(15-22(2,3)18-11-7-6-8-12-18)23-21(25)16-24(29(5,26)27)19-13-9-10-14-20(19)28-4/h6-14,17H,15-16H2,1-5H3,(H,23,25). The van der Waals surface area contributed by atoms with Crippen LogP contribution in [0.1, 0.15) is 32.8 Å². The first kappa shape index (κ1) is 22.7. The van der Waals surface area contributed by atoms with Crippen LogP contribution in [0.25, 0.3) is 0 Å². The van der Waals surface area contributed by atoms with Crippen LogP contribution in [0.5, 0.6) is 5.75 Å². The number of ether oxygens (including phenoxy) is 1. The van der Waals surface area contributed by atoms with Crippen molar-refractivity contribution < 1.29 is 17.9 Å². The number of hydrogen-bond acceptors (Lipinski definition) is 4. The monoisotopic (exact) mass is 418 g/mol. The fourth-order valence-corrected chi connectivity index (χ4v) is 4.35. The van der Waals surface area contributed by atoms with Gasteiger partial charge >= 0.3 is 0 Å². The zero-order valence-electron chi connectivity index (χ0n) is 17.7. The molecule has 0 saturated carbocycles. The molecular formula is C22H30N2O4S. The number of nitrogens with zero attached hydrogens (tertiary/aromatic N) is 1. The summed E-state index contributed by atoms with van der Waals surface area (Å²) in [5.74, 6) is 0.0293. The van der Waals surface area contributed by atoms with E-state index in [-0.39, 0.29) is 23.9 Å². The van der Waals surface area contributed by atoms with E-state index in [1.807, 2.05) is 25.1 Å². The Kier molecular flexibility index (Phi) is 7.30. The van der Waals surface area contributed by atoms with Crippen LogP contribution in [0.2, 0.25) is 0 Å². The van der Waals surface area contributed by atoms with E-state index < -0.39 is 10.0 Å². The third-order valence-electron chi connectivity index (χ3n) is 4.82. The molecule has 7 heteroatoms. The van der Waals surface area contributed by atoms with E-state index in [1.165, 1.54) is 12.7 Å². The molecule has 1 unspecified atom stereocenters. The van der Waals surface area contributed by atoms with Gasteiger partial charge in [0, 0.05) is 6.04 Å². The van der Waals surface area contributed by atoms with Crippen molar-refractivity contribution in [3.8, 4) is 5.75 Å². The van der Waals surface area contributed by atoms with Gasteiger partial charge in [-0.3, -0.25) is 9.10 Å². The summed E-state index contributed by atoms with van der Waals surface area (Å²) in [5.41, 5.74) is 1.39. The summed E-state index contributed by atoms with van der Waals surface area (Å²) in [6.45, 7) is 5.87. The Morgan fingerprint density at radius 3 is 2.28 bits per heavy atom. The van der Waals surface area contributed by atoms with Crippen molar-refractivity contribution in [2.75, 3.05) is 24.2 Å². The molecule has 29 heavy (non-hydrogen) atoms. The Morgan fingerprint density at radius 1 is 1.10 bits per heavy atom. The first-order valence-electron chi connectivity index (χ1n) is 9.50. The molecule has 0 aromatic heterocycles. The Hall–Kier alpha value is -2.54. The number of anilines is 1. The van der Waals surface area contributed by atoms with Crippen molar-refractivity contribution in [1.29, 1.82) is 0 Å². The van der Waals surface area contributed by atoms with E-state index in [2.05, 4.69) is 31.3 Å². The lowest BCUT2D eigenvalue weighted by molar-refractivity contribution is -0.120. The summed E-state index contributed by atoms with van der Waals surface area (Å²) in [7, 11) is -2.20. The zero-order chi connectivity index (χ0) is 21.7. The van der Waals surface area contributed by atoms with Gasteiger partial charge in [-0.05, 0) is 36.5 Å². The van der Waals surface area contributed by atoms with Gasteiger partial charge in [-0.1, -0.05) is 56.3 Å². The smallest absolute Gasteiger partial charge is 0.240 e. The van der Waals surface area contributed by atoms with Crippen LogP contribution in [0, 0.1) is 0 Å². The molecule has 2 rings (SSSR count). The van der Waals surface area contributed by atoms with Crippen LogP contribution in [0.15, 0.2) is 54.6 Å². The number of carbonyl (C=O) groups excluding carboxylic acids is 1. The molecular weight excluding hydrogens is 388 g/mol. The topological polar surface area (TPSA) is 75.7 Å². The van der Waals surface area contributed by atoms with Crippen molar-refractivity contribution in [3.63, 3.8) is 0 Å². The van der Waals surface area contributed by atoms with Gasteiger partial charge in [-0.25, -0.2) is 8.42 Å². The fourth-order valence-electron chi connectivity index (χ4n) is 3.49. The van der Waals surface area contributed by atoms with Crippen LogP contribution >= 0.6 is 0 Å². The Labute approximate surface area is 173 Å². The first-order valence-corrected chi connectivity index (χ1v) is 11.3. The molecule has 0 saturated heterocycles. The number of methoxy groups -OCH3 is 1. The van der Waals surface area contributed by atoms with E-state index in [1.54, 1.807) is 24.3 Å². The third-order valence-corrected chi connectivity index (χ3v) is 5.95. The van der Waals surface area contributed by atoms with Crippen LogP contribution in [0.4, 0.5) is 5.69 Å². The van der Waals surface area contributed by atoms with Crippen LogP contribution in [0.3, 0.4) is 0 Å². The summed E-state index contributed by atoms with van der Waals surface area (Å²) in [4.78, 5) is 12.6. The molecule has 1 amide bonds. The number of para-hydroxylation sites is 2. The van der Waals surface area contributed by atoms with E-state index in [0.29, 0.717) is 11.4 Å². The van der Waals surface area contributed by atoms with Crippen molar-refractivity contribution in [2.24, 2.45) is 0 Å². The summed E-state index contributed by atoms with van der Waals surface area (Å²) in [6.07, 6.45) is 1.80. The third kappa shape index (κ3) is 6.22. The SMILES string of the molecule is COc1ccccc1N(CC(=O)NC(C)CC(C)(C)c1ccccc1)S(C)(=O)=O. The molecule has 2 aromatic carbocycles. The predicted octanol–water partition coefficient (Wildman–Crippen LogP) is 3.33. The minimum Gasteiger partial charge on any atom is -0.495 e. The molecule has 0 radical (unpaired) electrons. The highest BCUT2D eigenvalue weighted by Crippen LogP contribution is 2.30. The molecule has 0 aliphatic heterocycles. The van der Waals surface area contributed by atoms with Gasteiger partial charge < -0.3 is 10.1 Å². The maximum atomic E-state index is 12.6. The predicted molar refractivity (Wildman–Crippen MR) is 117 cm³/mol. The molecule has 0 aliphatic rings. The highest BCUT2D eigenvalue weighted by molar-refractivity contribution is 7.92. The lowest BCUT2D eigenvalue weighted by Crippen LogP contribution is -2.44. The average molecular weight is 419 g/mol. The van der Waals surface area contributed by atoms with E-state index >= 15 is 0 Å². The highest BCUT2D eigenvalue weighted by Gasteiger charge is 2.27. The fraction of sp³-hybridized carbons (Fsp3) is 0.409. The Morgan fingerprint density at radius 2 is 1.69 bits per heavy atom. The average Bonchev–Trinajstić information content (AvgIpc) is 2.65. The molecule has 0 fully saturated rings. The summed E-state index contributed by atoms with van der Waals surface area (Å²) in [6, 6.07) is 16.7. The number of amides is 1. The molecule has 2 aromatic rings. The number of hydrogen-bond donors (Lipinski definition) is 1. The summed E-state index contributed by atoms with van der Waals surface area (Å²) < 4.78 is 31.0. The molecule has 0 bridgehead atoms. The van der Waals surface area contributed by atoms with Gasteiger partial charge in [-0.2, -0.15) is 0 Å². The van der Waals surface area contributed by atoms with Crippen LogP contribution < -0.4 is 14.4 Å². The number of sulfonamides is 1. The number of rotatable bonds is 9. The number of nitrogens with one attached hydrogen (secondary N) is 1. The second kappa shape index (κ2) is 9.31. The first-order chi connectivity index (χ1) is 13.5. The van der Waals surface area contributed by atoms with Crippen molar-refractivity contribution in [1.82, 2.24) is 5.32 Å². The Balaban J connectivity index is 2.10. The van der Waals surface area contributed by atoms with Crippen molar-refractivity contribution in [3.05, 3.63) is 60.2 Å². The van der Waals surface area contributed by atoms with E-state index in [4.69, 9.17) is 4.74 Å². The van der Waals surface area contributed by atoms with Crippen molar-refractivity contribution in [2.45, 2.75) is 38.6 Å². The largest absolute Gasteiger partial charge is 0.495 e. The quantitative estimate of drug-likeness (QED) is 0.678. The normalized spacial score (nSPS) is 12.9. The molecule has 1 N–H and O–H groups in total. The van der Waals surface area contributed by atoms with Crippen LogP contribution in [-0.2, 0) is 20.2 Å². The zero-order valence-corrected chi connectivity index (χ0v) is 18.5. The van der Waals surface area contributed by atoms with Gasteiger partial charge in [0.1, 0.15) is 12.3 Å². The van der Waals surface area contributed by atoms with E-state index in [0.717, 1.165) is 17.0 Å².